The summed E-state index contributed by atoms with van der Waals surface area (Å²) in [5.74, 6) is 5.15. The second-order valence-electron chi connectivity index (χ2n) is 5.32. The molecule has 0 fully saturated rings. The van der Waals surface area contributed by atoms with Crippen LogP contribution in [0.3, 0.4) is 0 Å². The van der Waals surface area contributed by atoms with Gasteiger partial charge in [-0.3, -0.25) is 10.0 Å². The number of thiazole rings is 1. The van der Waals surface area contributed by atoms with E-state index >= 15 is 0 Å². The van der Waals surface area contributed by atoms with E-state index in [1.54, 1.807) is 0 Å². The molecule has 124 valence electrons. The third kappa shape index (κ3) is 4.13. The molecular weight excluding hydrogens is 332 g/mol. The molecule has 1 heterocycles. The number of hydroxylamine groups is 2. The van der Waals surface area contributed by atoms with Gasteiger partial charge in [-0.25, -0.2) is 10.0 Å². The van der Waals surface area contributed by atoms with Crippen LogP contribution in [0.5, 0.6) is 0 Å². The summed E-state index contributed by atoms with van der Waals surface area (Å²) >= 11 is 1.26. The average molecular weight is 348 g/mol. The van der Waals surface area contributed by atoms with Crippen LogP contribution in [0.2, 0.25) is 0 Å². The number of hydrogen-bond donors (Lipinski definition) is 1. The van der Waals surface area contributed by atoms with E-state index in [0.717, 1.165) is 21.7 Å². The van der Waals surface area contributed by atoms with E-state index in [4.69, 9.17) is 0 Å². The maximum Gasteiger partial charge on any atom is 0.307 e. The van der Waals surface area contributed by atoms with Crippen LogP contribution in [-0.2, 0) is 0 Å². The molecule has 3 aromatic rings. The van der Waals surface area contributed by atoms with Crippen molar-refractivity contribution in [2.75, 3.05) is 6.54 Å². The molecular formula is C20H16N2O2S. The van der Waals surface area contributed by atoms with Gasteiger partial charge in [-0.2, -0.15) is 0 Å². The van der Waals surface area contributed by atoms with Crippen molar-refractivity contribution in [1.82, 2.24) is 10.0 Å². The molecule has 1 N–H and O–H groups in total. The number of nitrogens with zero attached hydrogens (tertiary/aromatic N) is 2. The number of aromatic nitrogens is 1. The van der Waals surface area contributed by atoms with Crippen LogP contribution >= 0.6 is 11.3 Å². The topological polar surface area (TPSA) is 53.4 Å². The molecule has 0 radical (unpaired) electrons. The smallest absolute Gasteiger partial charge is 0.285 e. The highest BCUT2D eigenvalue weighted by Gasteiger charge is 2.19. The number of amides is 1. The Hall–Kier alpha value is -2.94. The van der Waals surface area contributed by atoms with Crippen LogP contribution in [0, 0.1) is 18.8 Å². The third-order valence-corrected chi connectivity index (χ3v) is 4.46. The Bertz CT molecular complexity index is 925. The van der Waals surface area contributed by atoms with Crippen LogP contribution in [-0.4, -0.2) is 27.7 Å². The minimum atomic E-state index is -0.544. The molecule has 1 amide bonds. The van der Waals surface area contributed by atoms with Gasteiger partial charge in [0.1, 0.15) is 6.54 Å². The molecule has 0 saturated carbocycles. The molecule has 0 bridgehead atoms. The van der Waals surface area contributed by atoms with Gasteiger partial charge in [0.05, 0.1) is 5.69 Å². The number of carbonyl (C=O) groups is 1. The normalized spacial score (nSPS) is 10.0. The van der Waals surface area contributed by atoms with E-state index < -0.39 is 5.91 Å². The fraction of sp³-hybridized carbons (Fsp3) is 0.100. The Morgan fingerprint density at radius 2 is 1.76 bits per heavy atom. The molecule has 4 nitrogen and oxygen atoms in total. The second kappa shape index (κ2) is 7.75. The van der Waals surface area contributed by atoms with Gasteiger partial charge in [-0.05, 0) is 19.1 Å². The van der Waals surface area contributed by atoms with Crippen LogP contribution in [0.1, 0.15) is 20.2 Å². The molecule has 25 heavy (non-hydrogen) atoms. The minimum absolute atomic E-state index is 0.0764. The molecule has 0 aliphatic heterocycles. The van der Waals surface area contributed by atoms with Crippen molar-refractivity contribution in [3.63, 3.8) is 0 Å². The van der Waals surface area contributed by atoms with Crippen LogP contribution in [0.15, 0.2) is 60.7 Å². The van der Waals surface area contributed by atoms with Gasteiger partial charge in [0.15, 0.2) is 5.01 Å². The first kappa shape index (κ1) is 16.9. The molecule has 2 aromatic carbocycles. The SMILES string of the molecule is Cc1sc(C(=O)N(O)CC#Cc2ccccc2)nc1-c1ccccc1. The summed E-state index contributed by atoms with van der Waals surface area (Å²) in [4.78, 5) is 17.7. The summed E-state index contributed by atoms with van der Waals surface area (Å²) in [6.07, 6.45) is 0. The van der Waals surface area contributed by atoms with Crippen molar-refractivity contribution in [2.45, 2.75) is 6.92 Å². The van der Waals surface area contributed by atoms with Crippen LogP contribution in [0.25, 0.3) is 11.3 Å². The van der Waals surface area contributed by atoms with Gasteiger partial charge < -0.3 is 0 Å². The molecule has 1 aromatic heterocycles. The van der Waals surface area contributed by atoms with Gasteiger partial charge in [-0.1, -0.05) is 60.4 Å². The standard InChI is InChI=1S/C20H16N2O2S/c1-15-18(17-12-6-3-7-13-17)21-19(25-15)20(23)22(24)14-8-11-16-9-4-2-5-10-16/h2-7,9-10,12-13,24H,14H2,1H3. The summed E-state index contributed by atoms with van der Waals surface area (Å²) in [5, 5.41) is 10.8. The largest absolute Gasteiger partial charge is 0.307 e. The number of hydrogen-bond acceptors (Lipinski definition) is 4. The Labute approximate surface area is 150 Å². The van der Waals surface area contributed by atoms with E-state index in [0.29, 0.717) is 5.06 Å². The van der Waals surface area contributed by atoms with Crippen molar-refractivity contribution >= 4 is 17.2 Å². The first-order valence-corrected chi connectivity index (χ1v) is 8.54. The number of aryl methyl sites for hydroxylation is 1. The quantitative estimate of drug-likeness (QED) is 0.442. The molecule has 0 atom stereocenters. The Balaban J connectivity index is 1.72. The number of benzene rings is 2. The first-order chi connectivity index (χ1) is 12.1. The van der Waals surface area contributed by atoms with E-state index in [1.807, 2.05) is 67.6 Å². The zero-order chi connectivity index (χ0) is 17.6. The van der Waals surface area contributed by atoms with Gasteiger partial charge in [-0.15, -0.1) is 11.3 Å². The van der Waals surface area contributed by atoms with Crippen molar-refractivity contribution in [3.8, 4) is 23.1 Å². The van der Waals surface area contributed by atoms with Crippen molar-refractivity contribution in [1.29, 1.82) is 0 Å². The minimum Gasteiger partial charge on any atom is -0.285 e. The van der Waals surface area contributed by atoms with Crippen molar-refractivity contribution < 1.29 is 10.0 Å². The van der Waals surface area contributed by atoms with E-state index in [1.165, 1.54) is 11.3 Å². The zero-order valence-corrected chi connectivity index (χ0v) is 14.5. The van der Waals surface area contributed by atoms with Crippen LogP contribution < -0.4 is 0 Å². The monoisotopic (exact) mass is 348 g/mol. The summed E-state index contributed by atoms with van der Waals surface area (Å²) < 4.78 is 0. The van der Waals surface area contributed by atoms with Gasteiger partial charge in [0.2, 0.25) is 0 Å². The molecule has 5 heteroatoms. The number of rotatable bonds is 3. The first-order valence-electron chi connectivity index (χ1n) is 7.72. The predicted octanol–water partition coefficient (Wildman–Crippen LogP) is 4.00. The maximum absolute atomic E-state index is 12.3. The van der Waals surface area contributed by atoms with E-state index in [9.17, 15) is 10.0 Å². The molecule has 0 saturated heterocycles. The lowest BCUT2D eigenvalue weighted by atomic mass is 10.1. The van der Waals surface area contributed by atoms with Crippen LogP contribution in [0.4, 0.5) is 0 Å². The highest BCUT2D eigenvalue weighted by molar-refractivity contribution is 7.14. The lowest BCUT2D eigenvalue weighted by molar-refractivity contribution is -0.0479. The summed E-state index contributed by atoms with van der Waals surface area (Å²) in [6, 6.07) is 19.1. The fourth-order valence-electron chi connectivity index (χ4n) is 2.27. The maximum atomic E-state index is 12.3. The number of carbonyl (C=O) groups excluding carboxylic acids is 1. The Morgan fingerprint density at radius 3 is 2.44 bits per heavy atom. The molecule has 0 spiro atoms. The summed E-state index contributed by atoms with van der Waals surface area (Å²) in [7, 11) is 0. The summed E-state index contributed by atoms with van der Waals surface area (Å²) in [6.45, 7) is 1.83. The van der Waals surface area contributed by atoms with Gasteiger partial charge >= 0.3 is 5.91 Å². The van der Waals surface area contributed by atoms with Gasteiger partial charge in [0, 0.05) is 16.0 Å². The highest BCUT2D eigenvalue weighted by atomic mass is 32.1. The van der Waals surface area contributed by atoms with Crippen molar-refractivity contribution in [3.05, 3.63) is 76.1 Å². The molecule has 3 rings (SSSR count). The van der Waals surface area contributed by atoms with E-state index in [-0.39, 0.29) is 11.6 Å². The fourth-order valence-corrected chi connectivity index (χ4v) is 3.15. The zero-order valence-electron chi connectivity index (χ0n) is 13.6. The molecule has 0 unspecified atom stereocenters. The average Bonchev–Trinajstić information content (AvgIpc) is 3.04. The van der Waals surface area contributed by atoms with Gasteiger partial charge in [0.25, 0.3) is 0 Å². The lowest BCUT2D eigenvalue weighted by Gasteiger charge is -2.08. The van der Waals surface area contributed by atoms with E-state index in [2.05, 4.69) is 16.8 Å². The summed E-state index contributed by atoms with van der Waals surface area (Å²) in [5.41, 5.74) is 2.54. The molecule has 0 aliphatic rings. The second-order valence-corrected chi connectivity index (χ2v) is 6.52. The predicted molar refractivity (Wildman–Crippen MR) is 98.4 cm³/mol. The Kier molecular flexibility index (Phi) is 5.24. The third-order valence-electron chi connectivity index (χ3n) is 3.50. The highest BCUT2D eigenvalue weighted by Crippen LogP contribution is 2.27. The lowest BCUT2D eigenvalue weighted by Crippen LogP contribution is -2.27. The Morgan fingerprint density at radius 1 is 1.12 bits per heavy atom. The molecule has 0 aliphatic carbocycles. The van der Waals surface area contributed by atoms with Crippen molar-refractivity contribution in [2.24, 2.45) is 0 Å².